The molecule has 0 bridgehead atoms. The zero-order valence-electron chi connectivity index (χ0n) is 13.4. The van der Waals surface area contributed by atoms with Gasteiger partial charge in [-0.25, -0.2) is 0 Å². The maximum Gasteiger partial charge on any atom is 0.255 e. The van der Waals surface area contributed by atoms with Crippen LogP contribution >= 0.6 is 0 Å². The number of carbonyl (C=O) groups excluding carboxylic acids is 2. The normalized spacial score (nSPS) is 14.0. The molecule has 3 rings (SSSR count). The molecular formula is C19H20N2O3. The molecule has 5 heteroatoms. The minimum absolute atomic E-state index is 0.104. The molecule has 2 amide bonds. The van der Waals surface area contributed by atoms with Crippen LogP contribution in [-0.2, 0) is 11.2 Å². The first kappa shape index (κ1) is 16.2. The van der Waals surface area contributed by atoms with Crippen LogP contribution in [0.1, 0.15) is 28.8 Å². The van der Waals surface area contributed by atoms with E-state index in [0.29, 0.717) is 30.6 Å². The SMILES string of the molecule is O=C(Nc1ccc(CCO)cc1)c1cccc(N2CCCC2=O)c1. The van der Waals surface area contributed by atoms with Crippen LogP contribution in [0, 0.1) is 0 Å². The van der Waals surface area contributed by atoms with Gasteiger partial charge in [0, 0.05) is 36.5 Å². The smallest absolute Gasteiger partial charge is 0.255 e. The van der Waals surface area contributed by atoms with E-state index in [0.717, 1.165) is 17.7 Å². The molecule has 0 radical (unpaired) electrons. The van der Waals surface area contributed by atoms with Crippen LogP contribution in [0.3, 0.4) is 0 Å². The van der Waals surface area contributed by atoms with Gasteiger partial charge in [-0.1, -0.05) is 18.2 Å². The highest BCUT2D eigenvalue weighted by atomic mass is 16.3. The van der Waals surface area contributed by atoms with Crippen molar-refractivity contribution in [2.45, 2.75) is 19.3 Å². The predicted octanol–water partition coefficient (Wildman–Crippen LogP) is 2.60. The summed E-state index contributed by atoms with van der Waals surface area (Å²) in [5.74, 6) is -0.106. The van der Waals surface area contributed by atoms with Crippen molar-refractivity contribution in [2.24, 2.45) is 0 Å². The van der Waals surface area contributed by atoms with Crippen LogP contribution in [0.15, 0.2) is 48.5 Å². The van der Waals surface area contributed by atoms with Gasteiger partial charge in [0.2, 0.25) is 5.91 Å². The summed E-state index contributed by atoms with van der Waals surface area (Å²) >= 11 is 0. The minimum Gasteiger partial charge on any atom is -0.396 e. The van der Waals surface area contributed by atoms with E-state index in [4.69, 9.17) is 5.11 Å². The third kappa shape index (κ3) is 3.63. The van der Waals surface area contributed by atoms with Crippen LogP contribution in [0.5, 0.6) is 0 Å². The number of aliphatic hydroxyl groups is 1. The van der Waals surface area contributed by atoms with Gasteiger partial charge in [-0.15, -0.1) is 0 Å². The fraction of sp³-hybridized carbons (Fsp3) is 0.263. The van der Waals surface area contributed by atoms with E-state index in [-0.39, 0.29) is 18.4 Å². The third-order valence-corrected chi connectivity index (χ3v) is 4.11. The Morgan fingerprint density at radius 3 is 2.62 bits per heavy atom. The molecule has 1 fully saturated rings. The summed E-state index contributed by atoms with van der Waals surface area (Å²) in [6.45, 7) is 0.809. The Morgan fingerprint density at radius 1 is 1.17 bits per heavy atom. The largest absolute Gasteiger partial charge is 0.396 e. The van der Waals surface area contributed by atoms with E-state index in [1.165, 1.54) is 0 Å². The number of anilines is 2. The second-order valence-corrected chi connectivity index (χ2v) is 5.82. The summed E-state index contributed by atoms with van der Waals surface area (Å²) in [4.78, 5) is 26.0. The fourth-order valence-corrected chi connectivity index (χ4v) is 2.82. The zero-order valence-corrected chi connectivity index (χ0v) is 13.4. The molecule has 2 aromatic carbocycles. The van der Waals surface area contributed by atoms with Crippen molar-refractivity contribution in [2.75, 3.05) is 23.4 Å². The van der Waals surface area contributed by atoms with Crippen LogP contribution in [0.4, 0.5) is 11.4 Å². The molecule has 1 aliphatic heterocycles. The molecule has 0 aromatic heterocycles. The van der Waals surface area contributed by atoms with E-state index in [1.54, 1.807) is 23.1 Å². The summed E-state index contributed by atoms with van der Waals surface area (Å²) < 4.78 is 0. The molecule has 1 saturated heterocycles. The summed E-state index contributed by atoms with van der Waals surface area (Å²) in [5.41, 5.74) is 3.00. The highest BCUT2D eigenvalue weighted by Crippen LogP contribution is 2.22. The summed E-state index contributed by atoms with van der Waals surface area (Å²) in [6, 6.07) is 14.5. The maximum absolute atomic E-state index is 12.4. The lowest BCUT2D eigenvalue weighted by molar-refractivity contribution is -0.117. The average molecular weight is 324 g/mol. The molecule has 2 aromatic rings. The number of amides is 2. The number of aliphatic hydroxyl groups excluding tert-OH is 1. The number of hydrogen-bond acceptors (Lipinski definition) is 3. The predicted molar refractivity (Wildman–Crippen MR) is 93.2 cm³/mol. The molecule has 2 N–H and O–H groups in total. The van der Waals surface area contributed by atoms with Crippen LogP contribution in [-0.4, -0.2) is 30.1 Å². The molecule has 0 unspecified atom stereocenters. The Balaban J connectivity index is 1.71. The first-order valence-electron chi connectivity index (χ1n) is 8.09. The molecule has 124 valence electrons. The highest BCUT2D eigenvalue weighted by Gasteiger charge is 2.22. The first-order chi connectivity index (χ1) is 11.7. The van der Waals surface area contributed by atoms with Gasteiger partial charge in [-0.2, -0.15) is 0 Å². The van der Waals surface area contributed by atoms with Gasteiger partial charge in [-0.05, 0) is 48.7 Å². The van der Waals surface area contributed by atoms with Crippen LogP contribution < -0.4 is 10.2 Å². The van der Waals surface area contributed by atoms with Crippen LogP contribution in [0.25, 0.3) is 0 Å². The van der Waals surface area contributed by atoms with Crippen molar-refractivity contribution >= 4 is 23.2 Å². The first-order valence-corrected chi connectivity index (χ1v) is 8.09. The Hall–Kier alpha value is -2.66. The number of nitrogens with one attached hydrogen (secondary N) is 1. The Bertz CT molecular complexity index is 741. The van der Waals surface area contributed by atoms with Crippen molar-refractivity contribution in [3.05, 3.63) is 59.7 Å². The molecule has 1 heterocycles. The second kappa shape index (κ2) is 7.27. The van der Waals surface area contributed by atoms with E-state index >= 15 is 0 Å². The molecule has 24 heavy (non-hydrogen) atoms. The molecule has 0 spiro atoms. The molecule has 5 nitrogen and oxygen atoms in total. The number of benzene rings is 2. The lowest BCUT2D eigenvalue weighted by Gasteiger charge is -2.16. The standard InChI is InChI=1S/C19H20N2O3/c22-12-10-14-6-8-16(9-7-14)20-19(24)15-3-1-4-17(13-15)21-11-2-5-18(21)23/h1,3-4,6-9,13,22H,2,5,10-12H2,(H,20,24). The number of carbonyl (C=O) groups is 2. The number of hydrogen-bond donors (Lipinski definition) is 2. The van der Waals surface area contributed by atoms with E-state index in [1.807, 2.05) is 30.3 Å². The lowest BCUT2D eigenvalue weighted by atomic mass is 10.1. The van der Waals surface area contributed by atoms with Crippen molar-refractivity contribution in [1.82, 2.24) is 0 Å². The van der Waals surface area contributed by atoms with Gasteiger partial charge in [-0.3, -0.25) is 9.59 Å². The van der Waals surface area contributed by atoms with E-state index < -0.39 is 0 Å². The van der Waals surface area contributed by atoms with Crippen molar-refractivity contribution in [3.8, 4) is 0 Å². The fourth-order valence-electron chi connectivity index (χ4n) is 2.82. The monoisotopic (exact) mass is 324 g/mol. The number of nitrogens with zero attached hydrogens (tertiary/aromatic N) is 1. The topological polar surface area (TPSA) is 69.6 Å². The highest BCUT2D eigenvalue weighted by molar-refractivity contribution is 6.05. The quantitative estimate of drug-likeness (QED) is 0.888. The third-order valence-electron chi connectivity index (χ3n) is 4.11. The van der Waals surface area contributed by atoms with Crippen LogP contribution in [0.2, 0.25) is 0 Å². The van der Waals surface area contributed by atoms with Gasteiger partial charge in [0.15, 0.2) is 0 Å². The molecule has 0 saturated carbocycles. The minimum atomic E-state index is -0.210. The van der Waals surface area contributed by atoms with Crippen molar-refractivity contribution < 1.29 is 14.7 Å². The van der Waals surface area contributed by atoms with Gasteiger partial charge >= 0.3 is 0 Å². The van der Waals surface area contributed by atoms with Gasteiger partial charge < -0.3 is 15.3 Å². The zero-order chi connectivity index (χ0) is 16.9. The Morgan fingerprint density at radius 2 is 1.96 bits per heavy atom. The summed E-state index contributed by atoms with van der Waals surface area (Å²) in [7, 11) is 0. The molecule has 1 aliphatic rings. The summed E-state index contributed by atoms with van der Waals surface area (Å²) in [5, 5.41) is 11.8. The average Bonchev–Trinajstić information content (AvgIpc) is 3.03. The summed E-state index contributed by atoms with van der Waals surface area (Å²) in [6.07, 6.45) is 2.02. The van der Waals surface area contributed by atoms with Crippen molar-refractivity contribution in [1.29, 1.82) is 0 Å². The Labute approximate surface area is 140 Å². The van der Waals surface area contributed by atoms with Gasteiger partial charge in [0.1, 0.15) is 0 Å². The van der Waals surface area contributed by atoms with Gasteiger partial charge in [0.05, 0.1) is 0 Å². The molecular weight excluding hydrogens is 304 g/mol. The van der Waals surface area contributed by atoms with Gasteiger partial charge in [0.25, 0.3) is 5.91 Å². The van der Waals surface area contributed by atoms with Crippen molar-refractivity contribution in [3.63, 3.8) is 0 Å². The number of rotatable bonds is 5. The van der Waals surface area contributed by atoms with E-state index in [2.05, 4.69) is 5.32 Å². The maximum atomic E-state index is 12.4. The Kier molecular flexibility index (Phi) is 4.91. The van der Waals surface area contributed by atoms with E-state index in [9.17, 15) is 9.59 Å². The molecule has 0 aliphatic carbocycles. The second-order valence-electron chi connectivity index (χ2n) is 5.82. The molecule has 0 atom stereocenters. The lowest BCUT2D eigenvalue weighted by Crippen LogP contribution is -2.24.